The maximum atomic E-state index is 5.51. The summed E-state index contributed by atoms with van der Waals surface area (Å²) in [6, 6.07) is 0. The minimum absolute atomic E-state index is 0.782. The van der Waals surface area contributed by atoms with Crippen LogP contribution in [0.3, 0.4) is 0 Å². The molecule has 1 heterocycles. The highest BCUT2D eigenvalue weighted by Gasteiger charge is 2.16. The molecule has 3 nitrogen and oxygen atoms in total. The average Bonchev–Trinajstić information content (AvgIpc) is 2.17. The van der Waals surface area contributed by atoms with Crippen molar-refractivity contribution in [3.63, 3.8) is 0 Å². The standard InChI is InChI=1S/C11H25N3/c1-13-7-3-11(4-8-13)5-9-14(2)10-6-12/h11H,3-10,12H2,1-2H3. The third kappa shape index (κ3) is 4.40. The van der Waals surface area contributed by atoms with E-state index in [9.17, 15) is 0 Å². The molecule has 84 valence electrons. The molecular weight excluding hydrogens is 174 g/mol. The molecule has 0 aromatic heterocycles. The van der Waals surface area contributed by atoms with Crippen molar-refractivity contribution in [1.29, 1.82) is 0 Å². The van der Waals surface area contributed by atoms with Gasteiger partial charge in [-0.1, -0.05) is 0 Å². The first kappa shape index (κ1) is 12.0. The van der Waals surface area contributed by atoms with Gasteiger partial charge in [0, 0.05) is 13.1 Å². The average molecular weight is 199 g/mol. The Labute approximate surface area is 88.2 Å². The molecule has 1 fully saturated rings. The van der Waals surface area contributed by atoms with Gasteiger partial charge in [0.15, 0.2) is 0 Å². The fraction of sp³-hybridized carbons (Fsp3) is 1.00. The SMILES string of the molecule is CN(CCN)CCC1CCN(C)CC1. The van der Waals surface area contributed by atoms with E-state index >= 15 is 0 Å². The highest BCUT2D eigenvalue weighted by Crippen LogP contribution is 2.19. The number of likely N-dealkylation sites (tertiary alicyclic amines) is 1. The van der Waals surface area contributed by atoms with Crippen LogP contribution in [0.5, 0.6) is 0 Å². The molecule has 0 bridgehead atoms. The van der Waals surface area contributed by atoms with Crippen LogP contribution in [0.4, 0.5) is 0 Å². The summed E-state index contributed by atoms with van der Waals surface area (Å²) < 4.78 is 0. The number of rotatable bonds is 5. The first-order valence-electron chi connectivity index (χ1n) is 5.79. The molecule has 1 aliphatic heterocycles. The van der Waals surface area contributed by atoms with Crippen molar-refractivity contribution < 1.29 is 0 Å². The molecule has 14 heavy (non-hydrogen) atoms. The number of hydrogen-bond acceptors (Lipinski definition) is 3. The van der Waals surface area contributed by atoms with E-state index in [-0.39, 0.29) is 0 Å². The van der Waals surface area contributed by atoms with E-state index in [2.05, 4.69) is 23.9 Å². The fourth-order valence-electron chi connectivity index (χ4n) is 2.09. The smallest absolute Gasteiger partial charge is 0.0102 e. The van der Waals surface area contributed by atoms with Crippen LogP contribution in [0.25, 0.3) is 0 Å². The number of hydrogen-bond donors (Lipinski definition) is 1. The van der Waals surface area contributed by atoms with E-state index < -0.39 is 0 Å². The van der Waals surface area contributed by atoms with Crippen LogP contribution in [-0.2, 0) is 0 Å². The summed E-state index contributed by atoms with van der Waals surface area (Å²) in [6.07, 6.45) is 4.12. The van der Waals surface area contributed by atoms with E-state index in [1.807, 2.05) is 0 Å². The summed E-state index contributed by atoms with van der Waals surface area (Å²) >= 11 is 0. The lowest BCUT2D eigenvalue weighted by Gasteiger charge is -2.30. The molecule has 1 aliphatic rings. The Morgan fingerprint density at radius 3 is 2.50 bits per heavy atom. The lowest BCUT2D eigenvalue weighted by molar-refractivity contribution is 0.196. The van der Waals surface area contributed by atoms with E-state index in [1.54, 1.807) is 0 Å². The zero-order chi connectivity index (χ0) is 10.4. The molecule has 1 rings (SSSR count). The second-order valence-electron chi connectivity index (χ2n) is 4.63. The van der Waals surface area contributed by atoms with Gasteiger partial charge in [0.2, 0.25) is 0 Å². The molecule has 0 aromatic rings. The molecule has 0 radical (unpaired) electrons. The van der Waals surface area contributed by atoms with Gasteiger partial charge in [-0.2, -0.15) is 0 Å². The summed E-state index contributed by atoms with van der Waals surface area (Å²) in [4.78, 5) is 4.78. The van der Waals surface area contributed by atoms with Crippen LogP contribution in [-0.4, -0.2) is 56.6 Å². The Balaban J connectivity index is 2.06. The predicted molar refractivity (Wildman–Crippen MR) is 61.4 cm³/mol. The molecule has 2 N–H and O–H groups in total. The van der Waals surface area contributed by atoms with Crippen molar-refractivity contribution in [3.8, 4) is 0 Å². The Bertz CT molecular complexity index is 141. The molecule has 0 amide bonds. The van der Waals surface area contributed by atoms with Crippen LogP contribution in [0, 0.1) is 5.92 Å². The van der Waals surface area contributed by atoms with Crippen molar-refractivity contribution >= 4 is 0 Å². The van der Waals surface area contributed by atoms with Crippen LogP contribution in [0.2, 0.25) is 0 Å². The number of nitrogens with two attached hydrogens (primary N) is 1. The summed E-state index contributed by atoms with van der Waals surface area (Å²) in [7, 11) is 4.39. The Morgan fingerprint density at radius 1 is 1.29 bits per heavy atom. The first-order valence-corrected chi connectivity index (χ1v) is 5.79. The molecule has 0 aliphatic carbocycles. The number of likely N-dealkylation sites (N-methyl/N-ethyl adjacent to an activating group) is 1. The van der Waals surface area contributed by atoms with Crippen molar-refractivity contribution in [2.75, 3.05) is 46.8 Å². The van der Waals surface area contributed by atoms with Crippen LogP contribution in [0.15, 0.2) is 0 Å². The van der Waals surface area contributed by atoms with Gasteiger partial charge in [0.25, 0.3) is 0 Å². The monoisotopic (exact) mass is 199 g/mol. The molecule has 1 saturated heterocycles. The maximum Gasteiger partial charge on any atom is 0.0102 e. The van der Waals surface area contributed by atoms with Gasteiger partial charge in [0.1, 0.15) is 0 Å². The van der Waals surface area contributed by atoms with Gasteiger partial charge >= 0.3 is 0 Å². The van der Waals surface area contributed by atoms with Gasteiger partial charge in [-0.15, -0.1) is 0 Å². The summed E-state index contributed by atoms with van der Waals surface area (Å²) in [5, 5.41) is 0. The van der Waals surface area contributed by atoms with Gasteiger partial charge in [-0.25, -0.2) is 0 Å². The predicted octanol–water partition coefficient (Wildman–Crippen LogP) is 0.609. The Hall–Kier alpha value is -0.120. The topological polar surface area (TPSA) is 32.5 Å². The highest BCUT2D eigenvalue weighted by molar-refractivity contribution is 4.71. The summed E-state index contributed by atoms with van der Waals surface area (Å²) in [6.45, 7) is 5.60. The van der Waals surface area contributed by atoms with E-state index in [4.69, 9.17) is 5.73 Å². The van der Waals surface area contributed by atoms with E-state index in [0.717, 1.165) is 19.0 Å². The third-order valence-electron chi connectivity index (χ3n) is 3.27. The van der Waals surface area contributed by atoms with Crippen molar-refractivity contribution in [2.45, 2.75) is 19.3 Å². The van der Waals surface area contributed by atoms with E-state index in [0.29, 0.717) is 0 Å². The molecular formula is C11H25N3. The fourth-order valence-corrected chi connectivity index (χ4v) is 2.09. The van der Waals surface area contributed by atoms with Gasteiger partial charge in [-0.3, -0.25) is 0 Å². The van der Waals surface area contributed by atoms with Crippen molar-refractivity contribution in [3.05, 3.63) is 0 Å². The van der Waals surface area contributed by atoms with Gasteiger partial charge in [-0.05, 0) is 58.9 Å². The lowest BCUT2D eigenvalue weighted by Crippen LogP contribution is -2.33. The summed E-state index contributed by atoms with van der Waals surface area (Å²) in [5.74, 6) is 0.950. The summed E-state index contributed by atoms with van der Waals surface area (Å²) in [5.41, 5.74) is 5.51. The minimum atomic E-state index is 0.782. The van der Waals surface area contributed by atoms with Gasteiger partial charge in [0.05, 0.1) is 0 Å². The van der Waals surface area contributed by atoms with Crippen LogP contribution in [0.1, 0.15) is 19.3 Å². The minimum Gasteiger partial charge on any atom is -0.329 e. The lowest BCUT2D eigenvalue weighted by atomic mass is 9.94. The second kappa shape index (κ2) is 6.38. The molecule has 0 aromatic carbocycles. The zero-order valence-electron chi connectivity index (χ0n) is 9.71. The third-order valence-corrected chi connectivity index (χ3v) is 3.27. The molecule has 0 spiro atoms. The number of piperidine rings is 1. The molecule has 0 atom stereocenters. The molecule has 3 heteroatoms. The molecule has 0 saturated carbocycles. The van der Waals surface area contributed by atoms with Crippen LogP contribution < -0.4 is 5.73 Å². The van der Waals surface area contributed by atoms with E-state index in [1.165, 1.54) is 38.9 Å². The number of nitrogens with zero attached hydrogens (tertiary/aromatic N) is 2. The quantitative estimate of drug-likeness (QED) is 0.704. The normalized spacial score (nSPS) is 20.6. The van der Waals surface area contributed by atoms with Gasteiger partial charge < -0.3 is 15.5 Å². The Morgan fingerprint density at radius 2 is 1.93 bits per heavy atom. The van der Waals surface area contributed by atoms with Crippen molar-refractivity contribution in [1.82, 2.24) is 9.80 Å². The zero-order valence-corrected chi connectivity index (χ0v) is 9.71. The second-order valence-corrected chi connectivity index (χ2v) is 4.63. The highest BCUT2D eigenvalue weighted by atomic mass is 15.1. The van der Waals surface area contributed by atoms with Crippen molar-refractivity contribution in [2.24, 2.45) is 11.7 Å². The molecule has 0 unspecified atom stereocenters. The maximum absolute atomic E-state index is 5.51. The Kier molecular flexibility index (Phi) is 5.45. The van der Waals surface area contributed by atoms with Crippen LogP contribution >= 0.6 is 0 Å². The first-order chi connectivity index (χ1) is 6.72. The largest absolute Gasteiger partial charge is 0.329 e.